The first-order valence-corrected chi connectivity index (χ1v) is 13.2. The molecular weight excluding hydrogens is 410 g/mol. The number of hydrogen-bond acceptors (Lipinski definition) is 5. The molecule has 31 heavy (non-hydrogen) atoms. The normalized spacial score (nSPS) is 27.9. The van der Waals surface area contributed by atoms with Gasteiger partial charge in [0.15, 0.2) is 0 Å². The SMILES string of the molecule is Cc1cc(N2C[C@@H](C)O[C@@H](C)C2)ccc1NC[C@H]1CC[C@H](NS(=O)(=O)C(C)(C)C)CC1. The summed E-state index contributed by atoms with van der Waals surface area (Å²) >= 11 is 0. The molecule has 2 atom stereocenters. The highest BCUT2D eigenvalue weighted by atomic mass is 32.2. The molecule has 2 aliphatic rings. The van der Waals surface area contributed by atoms with Crippen molar-refractivity contribution in [2.45, 2.75) is 90.2 Å². The van der Waals surface area contributed by atoms with Crippen molar-refractivity contribution in [3.63, 3.8) is 0 Å². The van der Waals surface area contributed by atoms with E-state index < -0.39 is 14.8 Å². The predicted molar refractivity (Wildman–Crippen MR) is 129 cm³/mol. The van der Waals surface area contributed by atoms with Gasteiger partial charge < -0.3 is 15.0 Å². The Morgan fingerprint density at radius 3 is 2.23 bits per heavy atom. The third kappa shape index (κ3) is 6.36. The number of hydrogen-bond donors (Lipinski definition) is 2. The number of benzene rings is 1. The van der Waals surface area contributed by atoms with Crippen LogP contribution < -0.4 is 14.9 Å². The Labute approximate surface area is 189 Å². The fourth-order valence-corrected chi connectivity index (χ4v) is 5.59. The molecule has 0 aromatic heterocycles. The van der Waals surface area contributed by atoms with Crippen LogP contribution in [0.15, 0.2) is 18.2 Å². The summed E-state index contributed by atoms with van der Waals surface area (Å²) < 4.78 is 32.8. The van der Waals surface area contributed by atoms with Crippen LogP contribution in [0.25, 0.3) is 0 Å². The summed E-state index contributed by atoms with van der Waals surface area (Å²) in [5, 5.41) is 3.64. The van der Waals surface area contributed by atoms with Gasteiger partial charge in [0, 0.05) is 37.1 Å². The minimum Gasteiger partial charge on any atom is -0.385 e. The second-order valence-electron chi connectivity index (χ2n) is 10.5. The molecule has 0 spiro atoms. The van der Waals surface area contributed by atoms with Crippen LogP contribution in [0.4, 0.5) is 11.4 Å². The first-order chi connectivity index (χ1) is 14.4. The summed E-state index contributed by atoms with van der Waals surface area (Å²) in [6.07, 6.45) is 4.42. The maximum Gasteiger partial charge on any atom is 0.216 e. The van der Waals surface area contributed by atoms with Gasteiger partial charge in [0.25, 0.3) is 0 Å². The number of ether oxygens (including phenoxy) is 1. The molecule has 1 aliphatic carbocycles. The van der Waals surface area contributed by atoms with Gasteiger partial charge in [-0.15, -0.1) is 0 Å². The Balaban J connectivity index is 1.49. The summed E-state index contributed by atoms with van der Waals surface area (Å²) in [6.45, 7) is 14.5. The number of sulfonamides is 1. The summed E-state index contributed by atoms with van der Waals surface area (Å²) in [7, 11) is -3.27. The predicted octanol–water partition coefficient (Wildman–Crippen LogP) is 4.30. The van der Waals surface area contributed by atoms with E-state index in [2.05, 4.69) is 53.9 Å². The van der Waals surface area contributed by atoms with Crippen molar-refractivity contribution in [1.82, 2.24) is 4.72 Å². The van der Waals surface area contributed by atoms with Crippen molar-refractivity contribution in [3.05, 3.63) is 23.8 Å². The number of aryl methyl sites for hydroxylation is 1. The fraction of sp³-hybridized carbons (Fsp3) is 0.750. The zero-order valence-corrected chi connectivity index (χ0v) is 20.9. The Bertz CT molecular complexity index is 832. The van der Waals surface area contributed by atoms with Crippen molar-refractivity contribution in [2.75, 3.05) is 29.9 Å². The van der Waals surface area contributed by atoms with Crippen LogP contribution in [0.1, 0.15) is 65.9 Å². The van der Waals surface area contributed by atoms with Crippen molar-refractivity contribution in [1.29, 1.82) is 0 Å². The first-order valence-electron chi connectivity index (χ1n) is 11.7. The molecule has 0 amide bonds. The van der Waals surface area contributed by atoms with E-state index in [9.17, 15) is 8.42 Å². The lowest BCUT2D eigenvalue weighted by Gasteiger charge is -2.37. The zero-order valence-electron chi connectivity index (χ0n) is 20.1. The van der Waals surface area contributed by atoms with Crippen molar-refractivity contribution in [2.24, 2.45) is 5.92 Å². The molecule has 1 saturated heterocycles. The monoisotopic (exact) mass is 451 g/mol. The molecule has 0 radical (unpaired) electrons. The fourth-order valence-electron chi connectivity index (χ4n) is 4.57. The number of nitrogens with zero attached hydrogens (tertiary/aromatic N) is 1. The minimum absolute atomic E-state index is 0.0693. The average molecular weight is 452 g/mol. The van der Waals surface area contributed by atoms with E-state index in [0.717, 1.165) is 45.3 Å². The highest BCUT2D eigenvalue weighted by molar-refractivity contribution is 7.90. The van der Waals surface area contributed by atoms with E-state index in [0.29, 0.717) is 5.92 Å². The van der Waals surface area contributed by atoms with E-state index >= 15 is 0 Å². The topological polar surface area (TPSA) is 70.7 Å². The molecule has 7 heteroatoms. The van der Waals surface area contributed by atoms with E-state index in [4.69, 9.17) is 4.74 Å². The molecule has 2 N–H and O–H groups in total. The van der Waals surface area contributed by atoms with Gasteiger partial charge in [-0.2, -0.15) is 0 Å². The largest absolute Gasteiger partial charge is 0.385 e. The molecule has 1 aliphatic heterocycles. The van der Waals surface area contributed by atoms with Crippen molar-refractivity contribution in [3.8, 4) is 0 Å². The highest BCUT2D eigenvalue weighted by Crippen LogP contribution is 2.29. The van der Waals surface area contributed by atoms with Gasteiger partial charge in [-0.05, 0) is 96.9 Å². The molecule has 2 fully saturated rings. The van der Waals surface area contributed by atoms with Crippen molar-refractivity contribution < 1.29 is 13.2 Å². The second kappa shape index (κ2) is 9.67. The second-order valence-corrected chi connectivity index (χ2v) is 13.0. The van der Waals surface area contributed by atoms with Crippen LogP contribution in [0, 0.1) is 12.8 Å². The molecule has 0 bridgehead atoms. The maximum absolute atomic E-state index is 12.4. The smallest absolute Gasteiger partial charge is 0.216 e. The molecule has 1 saturated carbocycles. The summed E-state index contributed by atoms with van der Waals surface area (Å²) in [5.74, 6) is 0.579. The maximum atomic E-state index is 12.4. The van der Waals surface area contributed by atoms with E-state index in [1.54, 1.807) is 20.8 Å². The molecular formula is C24H41N3O3S. The van der Waals surface area contributed by atoms with Crippen LogP contribution in [0.2, 0.25) is 0 Å². The third-order valence-electron chi connectivity index (χ3n) is 6.55. The molecule has 1 heterocycles. The van der Waals surface area contributed by atoms with Crippen molar-refractivity contribution >= 4 is 21.4 Å². The van der Waals surface area contributed by atoms with Crippen LogP contribution >= 0.6 is 0 Å². The van der Waals surface area contributed by atoms with Crippen LogP contribution in [-0.2, 0) is 14.8 Å². The van der Waals surface area contributed by atoms with Gasteiger partial charge >= 0.3 is 0 Å². The lowest BCUT2D eigenvalue weighted by atomic mass is 9.86. The number of nitrogens with one attached hydrogen (secondary N) is 2. The molecule has 1 aromatic carbocycles. The van der Waals surface area contributed by atoms with Crippen LogP contribution in [0.3, 0.4) is 0 Å². The van der Waals surface area contributed by atoms with E-state index in [1.807, 2.05) is 0 Å². The number of rotatable bonds is 6. The quantitative estimate of drug-likeness (QED) is 0.675. The summed E-state index contributed by atoms with van der Waals surface area (Å²) in [6, 6.07) is 6.74. The summed E-state index contributed by atoms with van der Waals surface area (Å²) in [5.41, 5.74) is 3.71. The highest BCUT2D eigenvalue weighted by Gasteiger charge is 2.32. The summed E-state index contributed by atoms with van der Waals surface area (Å²) in [4.78, 5) is 2.41. The lowest BCUT2D eigenvalue weighted by Crippen LogP contribution is -2.46. The Morgan fingerprint density at radius 2 is 1.68 bits per heavy atom. The van der Waals surface area contributed by atoms with E-state index in [-0.39, 0.29) is 18.2 Å². The van der Waals surface area contributed by atoms with Crippen LogP contribution in [0.5, 0.6) is 0 Å². The van der Waals surface area contributed by atoms with Gasteiger partial charge in [-0.25, -0.2) is 13.1 Å². The number of morpholine rings is 1. The molecule has 0 unspecified atom stereocenters. The molecule has 1 aromatic rings. The van der Waals surface area contributed by atoms with E-state index in [1.165, 1.54) is 16.9 Å². The van der Waals surface area contributed by atoms with Gasteiger partial charge in [0.1, 0.15) is 0 Å². The Hall–Kier alpha value is -1.31. The van der Waals surface area contributed by atoms with Gasteiger partial charge in [-0.3, -0.25) is 0 Å². The minimum atomic E-state index is -3.27. The third-order valence-corrected chi connectivity index (χ3v) is 8.81. The standard InChI is InChI=1S/C24H41N3O3S/c1-17-13-22(27-15-18(2)30-19(3)16-27)11-12-23(17)25-14-20-7-9-21(10-8-20)26-31(28,29)24(4,5)6/h11-13,18-21,25-26H,7-10,14-16H2,1-6H3/t18-,19+,20-,21-. The van der Waals surface area contributed by atoms with Gasteiger partial charge in [0.2, 0.25) is 10.0 Å². The number of anilines is 2. The molecule has 3 rings (SSSR count). The van der Waals surface area contributed by atoms with Crippen LogP contribution in [-0.4, -0.2) is 51.0 Å². The zero-order chi connectivity index (χ0) is 22.8. The first kappa shape index (κ1) is 24.3. The molecule has 176 valence electrons. The van der Waals surface area contributed by atoms with Gasteiger partial charge in [0.05, 0.1) is 17.0 Å². The van der Waals surface area contributed by atoms with Gasteiger partial charge in [-0.1, -0.05) is 0 Å². The molecule has 6 nitrogen and oxygen atoms in total. The lowest BCUT2D eigenvalue weighted by molar-refractivity contribution is -0.00522. The average Bonchev–Trinajstić information content (AvgIpc) is 2.66. The Kier molecular flexibility index (Phi) is 7.59. The Morgan fingerprint density at radius 1 is 1.06 bits per heavy atom.